The summed E-state index contributed by atoms with van der Waals surface area (Å²) in [5.41, 5.74) is 1.22. The van der Waals surface area contributed by atoms with Crippen LogP contribution in [-0.2, 0) is 0 Å². The van der Waals surface area contributed by atoms with E-state index in [1.165, 1.54) is 16.9 Å². The van der Waals surface area contributed by atoms with Crippen LogP contribution in [0.1, 0.15) is 39.9 Å². The number of hydrogen-bond acceptors (Lipinski definition) is 3. The Morgan fingerprint density at radius 3 is 2.68 bits per heavy atom. The molecule has 0 saturated carbocycles. The molecule has 2 rings (SSSR count). The maximum Gasteiger partial charge on any atom is 0.210 e. The molecule has 1 aromatic heterocycles. The van der Waals surface area contributed by atoms with Gasteiger partial charge in [0.25, 0.3) is 0 Å². The van der Waals surface area contributed by atoms with Crippen molar-refractivity contribution in [1.82, 2.24) is 0 Å². The van der Waals surface area contributed by atoms with Gasteiger partial charge >= 0.3 is 0 Å². The minimum absolute atomic E-state index is 0.0352. The Kier molecular flexibility index (Phi) is 4.38. The molecule has 2 aromatic rings. The maximum absolute atomic E-state index is 11.9. The fourth-order valence-corrected chi connectivity index (χ4v) is 2.56. The monoisotopic (exact) mass is 274 g/mol. The normalized spacial score (nSPS) is 10.7. The third kappa shape index (κ3) is 3.67. The van der Waals surface area contributed by atoms with Crippen LogP contribution in [0.5, 0.6) is 5.75 Å². The first kappa shape index (κ1) is 13.8. The van der Waals surface area contributed by atoms with Crippen molar-refractivity contribution in [3.8, 4) is 5.75 Å². The number of hydrogen-bond donors (Lipinski definition) is 0. The molecule has 0 aliphatic heterocycles. The Balaban J connectivity index is 1.99. The number of ether oxygens (including phenoxy) is 1. The molecule has 1 aromatic carbocycles. The van der Waals surface area contributed by atoms with Gasteiger partial charge in [0.05, 0.1) is 4.88 Å². The zero-order valence-corrected chi connectivity index (χ0v) is 12.3. The van der Waals surface area contributed by atoms with Gasteiger partial charge in [-0.05, 0) is 42.7 Å². The van der Waals surface area contributed by atoms with E-state index in [0.29, 0.717) is 5.92 Å². The van der Waals surface area contributed by atoms with E-state index in [-0.39, 0.29) is 12.4 Å². The van der Waals surface area contributed by atoms with Crippen molar-refractivity contribution in [3.63, 3.8) is 0 Å². The smallest absolute Gasteiger partial charge is 0.210 e. The van der Waals surface area contributed by atoms with E-state index in [1.54, 1.807) is 0 Å². The predicted molar refractivity (Wildman–Crippen MR) is 79.4 cm³/mol. The first-order chi connectivity index (χ1) is 9.06. The number of carbonyl (C=O) groups excluding carboxylic acids is 1. The zero-order chi connectivity index (χ0) is 13.8. The second-order valence-corrected chi connectivity index (χ2v) is 6.14. The van der Waals surface area contributed by atoms with E-state index in [1.807, 2.05) is 37.3 Å². The second-order valence-electron chi connectivity index (χ2n) is 4.85. The lowest BCUT2D eigenvalue weighted by atomic mass is 10.0. The number of thiophene rings is 1. The highest BCUT2D eigenvalue weighted by atomic mass is 32.1. The quantitative estimate of drug-likeness (QED) is 0.753. The van der Waals surface area contributed by atoms with Crippen LogP contribution in [0.15, 0.2) is 36.4 Å². The summed E-state index contributed by atoms with van der Waals surface area (Å²) in [6.07, 6.45) is 0. The molecule has 0 unspecified atom stereocenters. The van der Waals surface area contributed by atoms with Crippen LogP contribution >= 0.6 is 11.3 Å². The van der Waals surface area contributed by atoms with Crippen LogP contribution < -0.4 is 4.74 Å². The number of benzene rings is 1. The van der Waals surface area contributed by atoms with Gasteiger partial charge in [-0.3, -0.25) is 4.79 Å². The first-order valence-corrected chi connectivity index (χ1v) is 7.20. The molecule has 0 spiro atoms. The predicted octanol–water partition coefficient (Wildman–Crippen LogP) is 4.44. The Labute approximate surface area is 118 Å². The molecule has 3 heteroatoms. The molecule has 0 radical (unpaired) electrons. The SMILES string of the molecule is Cc1ccc(C(=O)COc2cccc(C(C)C)c2)s1. The van der Waals surface area contributed by atoms with E-state index >= 15 is 0 Å². The van der Waals surface area contributed by atoms with Crippen molar-refractivity contribution in [1.29, 1.82) is 0 Å². The number of ketones is 1. The van der Waals surface area contributed by atoms with Gasteiger partial charge in [0.1, 0.15) is 5.75 Å². The molecule has 100 valence electrons. The first-order valence-electron chi connectivity index (χ1n) is 6.38. The van der Waals surface area contributed by atoms with Crippen LogP contribution in [0.25, 0.3) is 0 Å². The summed E-state index contributed by atoms with van der Waals surface area (Å²) in [6.45, 7) is 6.37. The zero-order valence-electron chi connectivity index (χ0n) is 11.5. The number of carbonyl (C=O) groups is 1. The highest BCUT2D eigenvalue weighted by Gasteiger charge is 2.09. The Morgan fingerprint density at radius 1 is 1.26 bits per heavy atom. The summed E-state index contributed by atoms with van der Waals surface area (Å²) in [6, 6.07) is 11.7. The average molecular weight is 274 g/mol. The van der Waals surface area contributed by atoms with Crippen LogP contribution in [0.3, 0.4) is 0 Å². The molecule has 0 atom stereocenters. The van der Waals surface area contributed by atoms with Gasteiger partial charge in [0.2, 0.25) is 5.78 Å². The lowest BCUT2D eigenvalue weighted by Gasteiger charge is -2.09. The maximum atomic E-state index is 11.9. The molecular weight excluding hydrogens is 256 g/mol. The van der Waals surface area contributed by atoms with Crippen LogP contribution in [-0.4, -0.2) is 12.4 Å². The van der Waals surface area contributed by atoms with E-state index in [9.17, 15) is 4.79 Å². The van der Waals surface area contributed by atoms with Gasteiger partial charge in [0.15, 0.2) is 6.61 Å². The summed E-state index contributed by atoms with van der Waals surface area (Å²) >= 11 is 1.51. The lowest BCUT2D eigenvalue weighted by Crippen LogP contribution is -2.10. The van der Waals surface area contributed by atoms with Crippen molar-refractivity contribution in [2.45, 2.75) is 26.7 Å². The third-order valence-electron chi connectivity index (χ3n) is 2.91. The second kappa shape index (κ2) is 6.02. The largest absolute Gasteiger partial charge is 0.485 e. The molecule has 0 aliphatic carbocycles. The van der Waals surface area contributed by atoms with Gasteiger partial charge in [-0.25, -0.2) is 0 Å². The van der Waals surface area contributed by atoms with Crippen molar-refractivity contribution >= 4 is 17.1 Å². The summed E-state index contributed by atoms with van der Waals surface area (Å²) in [7, 11) is 0. The van der Waals surface area contributed by atoms with Crippen molar-refractivity contribution in [3.05, 3.63) is 51.7 Å². The van der Waals surface area contributed by atoms with Crippen molar-refractivity contribution in [2.75, 3.05) is 6.61 Å². The van der Waals surface area contributed by atoms with Crippen molar-refractivity contribution < 1.29 is 9.53 Å². The number of Topliss-reactive ketones (excluding diaryl/α,β-unsaturated/α-hetero) is 1. The molecule has 19 heavy (non-hydrogen) atoms. The van der Waals surface area contributed by atoms with E-state index in [0.717, 1.165) is 15.5 Å². The van der Waals surface area contributed by atoms with Gasteiger partial charge in [0, 0.05) is 4.88 Å². The van der Waals surface area contributed by atoms with Crippen molar-refractivity contribution in [2.24, 2.45) is 0 Å². The summed E-state index contributed by atoms with van der Waals surface area (Å²) < 4.78 is 5.58. The van der Waals surface area contributed by atoms with Crippen LogP contribution in [0.2, 0.25) is 0 Å². The standard InChI is InChI=1S/C16H18O2S/c1-11(2)13-5-4-6-14(9-13)18-10-15(17)16-8-7-12(3)19-16/h4-9,11H,10H2,1-3H3. The summed E-state index contributed by atoms with van der Waals surface area (Å²) in [5.74, 6) is 1.25. The Morgan fingerprint density at radius 2 is 2.05 bits per heavy atom. The van der Waals surface area contributed by atoms with E-state index < -0.39 is 0 Å². The average Bonchev–Trinajstić information content (AvgIpc) is 2.83. The number of rotatable bonds is 5. The third-order valence-corrected chi connectivity index (χ3v) is 3.95. The summed E-state index contributed by atoms with van der Waals surface area (Å²) in [5, 5.41) is 0. The molecule has 2 nitrogen and oxygen atoms in total. The molecule has 1 heterocycles. The highest BCUT2D eigenvalue weighted by molar-refractivity contribution is 7.14. The van der Waals surface area contributed by atoms with E-state index in [4.69, 9.17) is 4.74 Å². The van der Waals surface area contributed by atoms with E-state index in [2.05, 4.69) is 19.9 Å². The Hall–Kier alpha value is -1.61. The summed E-state index contributed by atoms with van der Waals surface area (Å²) in [4.78, 5) is 13.8. The molecule has 0 fully saturated rings. The molecule has 0 N–H and O–H groups in total. The minimum Gasteiger partial charge on any atom is -0.485 e. The number of aryl methyl sites for hydroxylation is 1. The fraction of sp³-hybridized carbons (Fsp3) is 0.312. The molecular formula is C16H18O2S. The fourth-order valence-electron chi connectivity index (χ4n) is 1.77. The van der Waals surface area contributed by atoms with Gasteiger partial charge in [-0.1, -0.05) is 26.0 Å². The van der Waals surface area contributed by atoms with Gasteiger partial charge in [-0.2, -0.15) is 0 Å². The molecule has 0 bridgehead atoms. The van der Waals surface area contributed by atoms with Gasteiger partial charge in [-0.15, -0.1) is 11.3 Å². The molecule has 0 saturated heterocycles. The lowest BCUT2D eigenvalue weighted by molar-refractivity contribution is 0.0925. The molecule has 0 aliphatic rings. The topological polar surface area (TPSA) is 26.3 Å². The Bertz CT molecular complexity index is 570. The van der Waals surface area contributed by atoms with Crippen LogP contribution in [0, 0.1) is 6.92 Å². The van der Waals surface area contributed by atoms with Crippen LogP contribution in [0.4, 0.5) is 0 Å². The minimum atomic E-state index is 0.0352. The molecule has 0 amide bonds. The highest BCUT2D eigenvalue weighted by Crippen LogP contribution is 2.21. The van der Waals surface area contributed by atoms with Gasteiger partial charge < -0.3 is 4.74 Å².